The number of nitrogens with one attached hydrogen (secondary N) is 1. The molecule has 39 heavy (non-hydrogen) atoms. The molecule has 1 aromatic heterocycles. The third-order valence-electron chi connectivity index (χ3n) is 6.73. The van der Waals surface area contributed by atoms with Crippen LogP contribution in [0.4, 0.5) is 0 Å². The largest absolute Gasteiger partial charge is 1.00 e. The van der Waals surface area contributed by atoms with E-state index in [9.17, 15) is 4.79 Å². The molecule has 0 fully saturated rings. The van der Waals surface area contributed by atoms with Gasteiger partial charge in [-0.2, -0.15) is 0 Å². The molecule has 1 N–H and O–H groups in total. The molecule has 2 aromatic rings. The number of benzene rings is 1. The number of pyridine rings is 1. The van der Waals surface area contributed by atoms with Gasteiger partial charge in [0.05, 0.1) is 11.6 Å². The van der Waals surface area contributed by atoms with Gasteiger partial charge in [0.15, 0.2) is 18.5 Å². The first-order valence-electron chi connectivity index (χ1n) is 14.9. The Labute approximate surface area is 259 Å². The van der Waals surface area contributed by atoms with Gasteiger partial charge >= 0.3 is 0 Å². The Kier molecular flexibility index (Phi) is 21.1. The highest BCUT2D eigenvalue weighted by atomic mass is 127. The number of carbonyl (C=O) groups is 1. The monoisotopic (exact) mass is 672 g/mol. The van der Waals surface area contributed by atoms with Crippen LogP contribution < -0.4 is 43.3 Å². The predicted octanol–water partition coefficient (Wildman–Crippen LogP) is 4.86. The van der Waals surface area contributed by atoms with Crippen LogP contribution in [0, 0.1) is 0 Å². The molecule has 5 nitrogen and oxygen atoms in total. The van der Waals surface area contributed by atoms with Gasteiger partial charge in [0.1, 0.15) is 18.0 Å². The number of aryl methyl sites for hydroxylation is 1. The van der Waals surface area contributed by atoms with Crippen molar-refractivity contribution in [1.29, 1.82) is 0 Å². The van der Waals surface area contributed by atoms with Crippen LogP contribution in [0.2, 0.25) is 5.02 Å². The van der Waals surface area contributed by atoms with Crippen molar-refractivity contribution in [2.45, 2.75) is 110 Å². The topological polar surface area (TPSA) is 51.4 Å². The van der Waals surface area contributed by atoms with Crippen LogP contribution in [-0.4, -0.2) is 25.7 Å². The number of hydrogen-bond donors (Lipinski definition) is 1. The molecule has 0 radical (unpaired) electrons. The molecule has 2 rings (SSSR count). The number of rotatable bonds is 22. The number of halogens is 2. The fraction of sp³-hybridized carbons (Fsp3) is 0.625. The smallest absolute Gasteiger partial charge is 0.257 e. The Morgan fingerprint density at radius 1 is 0.846 bits per heavy atom. The number of unbranched alkanes of at least 4 members (excludes halogenated alkanes) is 11. The number of ether oxygens (including phenoxy) is 2. The second kappa shape index (κ2) is 23.2. The molecule has 1 aromatic carbocycles. The molecule has 0 saturated heterocycles. The highest BCUT2D eigenvalue weighted by molar-refractivity contribution is 6.32. The van der Waals surface area contributed by atoms with Crippen molar-refractivity contribution in [2.75, 3.05) is 19.8 Å². The molecule has 0 bridgehead atoms. The Morgan fingerprint density at radius 3 is 2.15 bits per heavy atom. The Balaban J connectivity index is 0.00000760. The lowest BCUT2D eigenvalue weighted by atomic mass is 10.1. The summed E-state index contributed by atoms with van der Waals surface area (Å²) in [6.07, 6.45) is 19.8. The number of carbonyl (C=O) groups excluding carboxylic acids is 1. The van der Waals surface area contributed by atoms with E-state index in [1.165, 1.54) is 76.3 Å². The van der Waals surface area contributed by atoms with Crippen molar-refractivity contribution in [3.05, 3.63) is 53.3 Å². The van der Waals surface area contributed by atoms with Crippen molar-refractivity contribution < 1.29 is 42.8 Å². The van der Waals surface area contributed by atoms with Crippen LogP contribution in [0.1, 0.15) is 103 Å². The standard InChI is InChI=1S/C32H49ClN2O3.HI/c1-3-5-6-7-8-9-10-11-12-13-14-17-25-37-31-20-19-29(26-30(31)33)38-27-32(36)34-22-21-28-18-15-16-24-35(28)23-4-2;/h15-16,18-20,24,26H,3-14,17,21-23,25,27H2,1-2H3;1H. The summed E-state index contributed by atoms with van der Waals surface area (Å²) in [5.74, 6) is 1.08. The molecule has 0 aliphatic rings. The molecular weight excluding hydrogens is 623 g/mol. The van der Waals surface area contributed by atoms with Gasteiger partial charge < -0.3 is 38.8 Å². The molecular formula is C32H50ClIN2O3. The van der Waals surface area contributed by atoms with Gasteiger partial charge in [-0.3, -0.25) is 4.79 Å². The maximum Gasteiger partial charge on any atom is 0.257 e. The highest BCUT2D eigenvalue weighted by Crippen LogP contribution is 2.29. The summed E-state index contributed by atoms with van der Waals surface area (Å²) in [5.41, 5.74) is 1.21. The van der Waals surface area contributed by atoms with Crippen LogP contribution in [0.3, 0.4) is 0 Å². The molecule has 0 aliphatic heterocycles. The molecule has 0 unspecified atom stereocenters. The first-order valence-corrected chi connectivity index (χ1v) is 15.3. The van der Waals surface area contributed by atoms with Crippen molar-refractivity contribution in [3.63, 3.8) is 0 Å². The third kappa shape index (κ3) is 16.3. The lowest BCUT2D eigenvalue weighted by Crippen LogP contribution is -3.00. The summed E-state index contributed by atoms with van der Waals surface area (Å²) in [6.45, 7) is 6.60. The van der Waals surface area contributed by atoms with Crippen molar-refractivity contribution >= 4 is 17.5 Å². The van der Waals surface area contributed by atoms with Crippen molar-refractivity contribution in [1.82, 2.24) is 5.32 Å². The molecule has 0 aliphatic carbocycles. The third-order valence-corrected chi connectivity index (χ3v) is 7.03. The lowest BCUT2D eigenvalue weighted by Gasteiger charge is -2.11. The zero-order valence-corrected chi connectivity index (χ0v) is 27.1. The molecule has 220 valence electrons. The molecule has 1 amide bonds. The SMILES string of the molecule is CCCCCCCCCCCCCCOc1ccc(OCC(=O)NCCc2cccc[n+]2CCC)cc1Cl.[I-]. The van der Waals surface area contributed by atoms with Gasteiger partial charge in [-0.15, -0.1) is 0 Å². The van der Waals surface area contributed by atoms with Gasteiger partial charge in [-0.05, 0) is 18.6 Å². The molecule has 7 heteroatoms. The van der Waals surface area contributed by atoms with Crippen LogP contribution in [0.15, 0.2) is 42.6 Å². The quantitative estimate of drug-likeness (QED) is 0.111. The van der Waals surface area contributed by atoms with E-state index in [-0.39, 0.29) is 36.5 Å². The van der Waals surface area contributed by atoms with Gasteiger partial charge in [0, 0.05) is 37.6 Å². The van der Waals surface area contributed by atoms with E-state index in [1.807, 2.05) is 18.2 Å². The van der Waals surface area contributed by atoms with Crippen molar-refractivity contribution in [2.24, 2.45) is 0 Å². The maximum absolute atomic E-state index is 12.2. The van der Waals surface area contributed by atoms with Gasteiger partial charge in [-0.1, -0.05) is 102 Å². The van der Waals surface area contributed by atoms with Crippen LogP contribution in [0.5, 0.6) is 11.5 Å². The summed E-state index contributed by atoms with van der Waals surface area (Å²) in [5, 5.41) is 3.44. The lowest BCUT2D eigenvalue weighted by molar-refractivity contribution is -0.704. The fourth-order valence-electron chi connectivity index (χ4n) is 4.54. The number of nitrogens with zero attached hydrogens (tertiary/aromatic N) is 1. The summed E-state index contributed by atoms with van der Waals surface area (Å²) in [6, 6.07) is 11.5. The molecule has 0 spiro atoms. The normalized spacial score (nSPS) is 10.6. The minimum atomic E-state index is -0.147. The second-order valence-electron chi connectivity index (χ2n) is 10.1. The fourth-order valence-corrected chi connectivity index (χ4v) is 4.77. The van der Waals surface area contributed by atoms with E-state index < -0.39 is 0 Å². The Bertz CT molecular complexity index is 913. The van der Waals surface area contributed by atoms with E-state index in [0.29, 0.717) is 29.7 Å². The summed E-state index contributed by atoms with van der Waals surface area (Å²) in [4.78, 5) is 12.2. The average Bonchev–Trinajstić information content (AvgIpc) is 2.92. The van der Waals surface area contributed by atoms with E-state index in [2.05, 4.69) is 36.0 Å². The first-order chi connectivity index (χ1) is 18.6. The predicted molar refractivity (Wildman–Crippen MR) is 157 cm³/mol. The average molecular weight is 673 g/mol. The molecule has 1 heterocycles. The highest BCUT2D eigenvalue weighted by Gasteiger charge is 2.10. The first kappa shape index (κ1) is 35.5. The van der Waals surface area contributed by atoms with Crippen molar-refractivity contribution in [3.8, 4) is 11.5 Å². The summed E-state index contributed by atoms with van der Waals surface area (Å²) < 4.78 is 13.7. The summed E-state index contributed by atoms with van der Waals surface area (Å²) >= 11 is 6.38. The van der Waals surface area contributed by atoms with E-state index in [4.69, 9.17) is 21.1 Å². The second-order valence-corrected chi connectivity index (χ2v) is 10.5. The Morgan fingerprint density at radius 2 is 1.51 bits per heavy atom. The van der Waals surface area contributed by atoms with E-state index >= 15 is 0 Å². The number of aromatic nitrogens is 1. The number of amides is 1. The van der Waals surface area contributed by atoms with Crippen LogP contribution in [0.25, 0.3) is 0 Å². The van der Waals surface area contributed by atoms with Gasteiger partial charge in [0.2, 0.25) is 0 Å². The summed E-state index contributed by atoms with van der Waals surface area (Å²) in [7, 11) is 0. The molecule has 0 atom stereocenters. The van der Waals surface area contributed by atoms with Crippen LogP contribution in [-0.2, 0) is 17.8 Å². The minimum Gasteiger partial charge on any atom is -1.00 e. The number of hydrogen-bond acceptors (Lipinski definition) is 3. The maximum atomic E-state index is 12.2. The van der Waals surface area contributed by atoms with E-state index in [1.54, 1.807) is 12.1 Å². The molecule has 0 saturated carbocycles. The van der Waals surface area contributed by atoms with Gasteiger partial charge in [0.25, 0.3) is 5.91 Å². The van der Waals surface area contributed by atoms with Crippen LogP contribution >= 0.6 is 11.6 Å². The zero-order chi connectivity index (χ0) is 27.3. The zero-order valence-electron chi connectivity index (χ0n) is 24.2. The van der Waals surface area contributed by atoms with Gasteiger partial charge in [-0.25, -0.2) is 4.57 Å². The Hall–Kier alpha value is -1.54. The van der Waals surface area contributed by atoms with E-state index in [0.717, 1.165) is 25.8 Å². The minimum absolute atomic E-state index is 0.